The van der Waals surface area contributed by atoms with Gasteiger partial charge in [0.05, 0.1) is 11.1 Å². The number of fused-ring (bicyclic) bond motifs is 1. The highest BCUT2D eigenvalue weighted by Gasteiger charge is 2.32. The topological polar surface area (TPSA) is 91.7 Å². The lowest BCUT2D eigenvalue weighted by atomic mass is 9.85. The number of rotatable bonds is 2. The van der Waals surface area contributed by atoms with Gasteiger partial charge < -0.3 is 10.2 Å². The van der Waals surface area contributed by atoms with Crippen molar-refractivity contribution in [2.24, 2.45) is 0 Å². The molecule has 5 nitrogen and oxygen atoms in total. The zero-order valence-electron chi connectivity index (χ0n) is 11.2. The van der Waals surface area contributed by atoms with Crippen LogP contribution in [0.2, 0.25) is 0 Å². The van der Waals surface area contributed by atoms with Crippen molar-refractivity contribution < 1.29 is 24.6 Å². The van der Waals surface area contributed by atoms with E-state index < -0.39 is 23.3 Å². The van der Waals surface area contributed by atoms with Gasteiger partial charge in [0, 0.05) is 11.1 Å². The normalized spacial score (nSPS) is 14.0. The minimum absolute atomic E-state index is 0.0545. The summed E-state index contributed by atoms with van der Waals surface area (Å²) in [7, 11) is 0. The van der Waals surface area contributed by atoms with Crippen LogP contribution in [0.15, 0.2) is 54.3 Å². The lowest BCUT2D eigenvalue weighted by Crippen LogP contribution is -2.21. The molecule has 0 aromatic heterocycles. The number of Topliss-reactive ketones (excluding diaryl/α,β-unsaturated/α-hetero) is 2. The second-order valence-electron chi connectivity index (χ2n) is 4.81. The maximum atomic E-state index is 12.5. The summed E-state index contributed by atoms with van der Waals surface area (Å²) in [6, 6.07) is 11.7. The Morgan fingerprint density at radius 3 is 1.91 bits per heavy atom. The Kier molecular flexibility index (Phi) is 3.10. The van der Waals surface area contributed by atoms with Gasteiger partial charge in [-0.3, -0.25) is 9.59 Å². The average Bonchev–Trinajstić information content (AvgIpc) is 2.53. The summed E-state index contributed by atoms with van der Waals surface area (Å²) in [6.45, 7) is 0. The van der Waals surface area contributed by atoms with Gasteiger partial charge in [0.25, 0.3) is 0 Å². The highest BCUT2D eigenvalue weighted by atomic mass is 16.4. The van der Waals surface area contributed by atoms with E-state index >= 15 is 0 Å². The number of allylic oxidation sites excluding steroid dienone is 2. The van der Waals surface area contributed by atoms with E-state index in [-0.39, 0.29) is 22.3 Å². The molecule has 2 aromatic rings. The molecule has 2 aromatic carbocycles. The van der Waals surface area contributed by atoms with Crippen LogP contribution in [-0.2, 0) is 0 Å². The molecule has 0 aliphatic heterocycles. The van der Waals surface area contributed by atoms with Crippen molar-refractivity contribution in [3.8, 4) is 0 Å². The Hall–Kier alpha value is -3.21. The Balaban J connectivity index is 2.14. The van der Waals surface area contributed by atoms with Gasteiger partial charge >= 0.3 is 5.97 Å². The SMILES string of the molecule is O=C(O)c1ccc(C2=C(O)C(=O)c3ccccc3C2=O)cc1. The smallest absolute Gasteiger partial charge is 0.335 e. The number of carbonyl (C=O) groups is 3. The fourth-order valence-corrected chi connectivity index (χ4v) is 2.41. The fourth-order valence-electron chi connectivity index (χ4n) is 2.41. The third-order valence-electron chi connectivity index (χ3n) is 3.52. The predicted molar refractivity (Wildman–Crippen MR) is 78.1 cm³/mol. The summed E-state index contributed by atoms with van der Waals surface area (Å²) >= 11 is 0. The first kappa shape index (κ1) is 13.8. The minimum atomic E-state index is -1.10. The number of carboxylic acids is 1. The standard InChI is InChI=1S/C17H10O5/c18-14-11-3-1-2-4-12(11)15(19)16(20)13(14)9-5-7-10(8-6-9)17(21)22/h1-8,20H,(H,21,22). The highest BCUT2D eigenvalue weighted by molar-refractivity contribution is 6.39. The lowest BCUT2D eigenvalue weighted by Gasteiger charge is -2.17. The summed E-state index contributed by atoms with van der Waals surface area (Å²) < 4.78 is 0. The number of carboxylic acid groups (broad SMARTS) is 1. The van der Waals surface area contributed by atoms with Crippen LogP contribution in [0.3, 0.4) is 0 Å². The van der Waals surface area contributed by atoms with Crippen LogP contribution < -0.4 is 0 Å². The van der Waals surface area contributed by atoms with Crippen LogP contribution in [0.25, 0.3) is 5.57 Å². The van der Waals surface area contributed by atoms with E-state index in [2.05, 4.69) is 0 Å². The highest BCUT2D eigenvalue weighted by Crippen LogP contribution is 2.31. The van der Waals surface area contributed by atoms with Gasteiger partial charge in [-0.25, -0.2) is 4.79 Å². The van der Waals surface area contributed by atoms with Crippen LogP contribution in [-0.4, -0.2) is 27.7 Å². The van der Waals surface area contributed by atoms with Crippen molar-refractivity contribution in [2.45, 2.75) is 0 Å². The molecular weight excluding hydrogens is 284 g/mol. The number of aliphatic hydroxyl groups is 1. The molecule has 0 fully saturated rings. The predicted octanol–water partition coefficient (Wildman–Crippen LogP) is 2.73. The van der Waals surface area contributed by atoms with Crippen LogP contribution in [0.5, 0.6) is 0 Å². The quantitative estimate of drug-likeness (QED) is 0.888. The summed E-state index contributed by atoms with van der Waals surface area (Å²) in [5, 5.41) is 19.0. The van der Waals surface area contributed by atoms with Crippen molar-refractivity contribution in [3.63, 3.8) is 0 Å². The molecule has 3 rings (SSSR count). The first-order chi connectivity index (χ1) is 10.5. The van der Waals surface area contributed by atoms with E-state index in [1.165, 1.54) is 36.4 Å². The first-order valence-corrected chi connectivity index (χ1v) is 6.46. The summed E-state index contributed by atoms with van der Waals surface area (Å²) in [4.78, 5) is 35.5. The van der Waals surface area contributed by atoms with Gasteiger partial charge in [0.2, 0.25) is 5.78 Å². The number of aromatic carboxylic acids is 1. The fraction of sp³-hybridized carbons (Fsp3) is 0. The Morgan fingerprint density at radius 1 is 0.818 bits per heavy atom. The van der Waals surface area contributed by atoms with Gasteiger partial charge in [-0.1, -0.05) is 36.4 Å². The van der Waals surface area contributed by atoms with E-state index in [0.717, 1.165) is 0 Å². The van der Waals surface area contributed by atoms with Crippen LogP contribution >= 0.6 is 0 Å². The van der Waals surface area contributed by atoms with Gasteiger partial charge in [0.1, 0.15) is 0 Å². The molecule has 0 unspecified atom stereocenters. The Labute approximate surface area is 125 Å². The maximum absolute atomic E-state index is 12.5. The molecule has 1 aliphatic carbocycles. The molecule has 0 saturated carbocycles. The molecule has 1 aliphatic rings. The monoisotopic (exact) mass is 294 g/mol. The van der Waals surface area contributed by atoms with Gasteiger partial charge in [0.15, 0.2) is 11.5 Å². The number of benzene rings is 2. The second kappa shape index (κ2) is 4.96. The molecule has 2 N–H and O–H groups in total. The molecule has 0 saturated heterocycles. The van der Waals surface area contributed by atoms with E-state index in [4.69, 9.17) is 5.11 Å². The second-order valence-corrected chi connectivity index (χ2v) is 4.81. The van der Waals surface area contributed by atoms with E-state index in [1.807, 2.05) is 0 Å². The Morgan fingerprint density at radius 2 is 1.36 bits per heavy atom. The van der Waals surface area contributed by atoms with Crippen LogP contribution in [0.4, 0.5) is 0 Å². The number of hydrogen-bond donors (Lipinski definition) is 2. The van der Waals surface area contributed by atoms with Gasteiger partial charge in [-0.2, -0.15) is 0 Å². The molecule has 0 atom stereocenters. The largest absolute Gasteiger partial charge is 0.504 e. The molecule has 5 heteroatoms. The molecule has 0 amide bonds. The van der Waals surface area contributed by atoms with Crippen molar-refractivity contribution in [1.29, 1.82) is 0 Å². The first-order valence-electron chi connectivity index (χ1n) is 6.46. The van der Waals surface area contributed by atoms with Crippen LogP contribution in [0, 0.1) is 0 Å². The minimum Gasteiger partial charge on any atom is -0.504 e. The average molecular weight is 294 g/mol. The summed E-state index contributed by atoms with van der Waals surface area (Å²) in [5.41, 5.74) is 0.633. The molecule has 108 valence electrons. The third kappa shape index (κ3) is 2.00. The molecule has 22 heavy (non-hydrogen) atoms. The number of carbonyl (C=O) groups excluding carboxylic acids is 2. The zero-order chi connectivity index (χ0) is 15.9. The van der Waals surface area contributed by atoms with Crippen molar-refractivity contribution in [2.75, 3.05) is 0 Å². The number of hydrogen-bond acceptors (Lipinski definition) is 4. The maximum Gasteiger partial charge on any atom is 0.335 e. The third-order valence-corrected chi connectivity index (χ3v) is 3.52. The van der Waals surface area contributed by atoms with Crippen molar-refractivity contribution >= 4 is 23.1 Å². The molecule has 0 heterocycles. The molecule has 0 radical (unpaired) electrons. The summed E-state index contributed by atoms with van der Waals surface area (Å²) in [5.74, 6) is -2.80. The van der Waals surface area contributed by atoms with Gasteiger partial charge in [-0.15, -0.1) is 0 Å². The lowest BCUT2D eigenvalue weighted by molar-refractivity contribution is 0.0696. The van der Waals surface area contributed by atoms with E-state index in [0.29, 0.717) is 5.56 Å². The summed E-state index contributed by atoms with van der Waals surface area (Å²) in [6.07, 6.45) is 0. The van der Waals surface area contributed by atoms with E-state index in [1.54, 1.807) is 12.1 Å². The molecule has 0 spiro atoms. The number of aliphatic hydroxyl groups excluding tert-OH is 1. The van der Waals surface area contributed by atoms with E-state index in [9.17, 15) is 19.5 Å². The molecular formula is C17H10O5. The Bertz CT molecular complexity index is 844. The molecule has 0 bridgehead atoms. The van der Waals surface area contributed by atoms with Crippen LogP contribution in [0.1, 0.15) is 36.6 Å². The zero-order valence-corrected chi connectivity index (χ0v) is 11.2. The van der Waals surface area contributed by atoms with Crippen molar-refractivity contribution in [3.05, 3.63) is 76.5 Å². The number of ketones is 2. The van der Waals surface area contributed by atoms with Crippen molar-refractivity contribution in [1.82, 2.24) is 0 Å². The van der Waals surface area contributed by atoms with Gasteiger partial charge in [-0.05, 0) is 17.7 Å².